The van der Waals surface area contributed by atoms with Gasteiger partial charge < -0.3 is 84.6 Å². The molecule has 11 N–H and O–H groups in total. The SMILES string of the molecule is CC1(C)CC(=O)[C@]2(C)CC[C@]3(C)C(=CC[C@@H]4[C@@]5(C)CC[C@H](O[C@@H]6O[C@H](C(=O)O)[C@@H](O)[C@H](O)[C@H]6O[C@@H]6O[C@H](CO)[C@H](O)[C@H](O)[C@H]6O[C@@H]6O[C@H](CO)[C@@H](O)[C@H](O)[C@H]6O)[C@@](C)(CO)[C@@H]5CC[C@]43C)[C@@H]2C1. The highest BCUT2D eigenvalue weighted by atomic mass is 16.8. The van der Waals surface area contributed by atoms with Crippen LogP contribution in [0.5, 0.6) is 0 Å². The lowest BCUT2D eigenvalue weighted by Crippen LogP contribution is -2.68. The normalized spacial score (nSPS) is 54.2. The summed E-state index contributed by atoms with van der Waals surface area (Å²) in [6.45, 7) is 13.7. The van der Waals surface area contributed by atoms with Gasteiger partial charge in [-0.2, -0.15) is 0 Å². The van der Waals surface area contributed by atoms with Crippen LogP contribution in [0.3, 0.4) is 0 Å². The van der Waals surface area contributed by atoms with Crippen molar-refractivity contribution in [2.45, 2.75) is 204 Å². The number of fused-ring (bicyclic) bond motifs is 7. The number of carbonyl (C=O) groups is 2. The van der Waals surface area contributed by atoms with E-state index in [4.69, 9.17) is 28.4 Å². The van der Waals surface area contributed by atoms with Gasteiger partial charge >= 0.3 is 5.97 Å². The second-order valence-corrected chi connectivity index (χ2v) is 23.4. The number of carboxylic acid groups (broad SMARTS) is 1. The number of carbonyl (C=O) groups excluding carboxylic acids is 1. The van der Waals surface area contributed by atoms with Crippen molar-refractivity contribution < 1.29 is 94.2 Å². The van der Waals surface area contributed by atoms with E-state index in [2.05, 4.69) is 47.6 Å². The van der Waals surface area contributed by atoms with Crippen molar-refractivity contribution in [2.24, 2.45) is 50.2 Å². The zero-order valence-corrected chi connectivity index (χ0v) is 39.7. The average Bonchev–Trinajstić information content (AvgIpc) is 3.27. The Morgan fingerprint density at radius 2 is 1.25 bits per heavy atom. The zero-order valence-electron chi connectivity index (χ0n) is 39.7. The first kappa shape index (κ1) is 51.6. The highest BCUT2D eigenvalue weighted by Crippen LogP contribution is 2.75. The zero-order chi connectivity index (χ0) is 49.1. The van der Waals surface area contributed by atoms with Gasteiger partial charge in [0.25, 0.3) is 0 Å². The highest BCUT2D eigenvalue weighted by Gasteiger charge is 2.70. The van der Waals surface area contributed by atoms with Gasteiger partial charge in [-0.1, -0.05) is 60.1 Å². The number of rotatable bonds is 10. The Morgan fingerprint density at radius 3 is 1.87 bits per heavy atom. The van der Waals surface area contributed by atoms with Crippen LogP contribution >= 0.6 is 0 Å². The molecule has 0 amide bonds. The second kappa shape index (κ2) is 18.1. The number of allylic oxidation sites excluding steroid dienone is 2. The van der Waals surface area contributed by atoms with Gasteiger partial charge in [-0.15, -0.1) is 0 Å². The topological polar surface area (TPSA) is 312 Å². The van der Waals surface area contributed by atoms with Crippen LogP contribution in [0.1, 0.15) is 106 Å². The molecule has 24 atom stereocenters. The van der Waals surface area contributed by atoms with Crippen molar-refractivity contribution in [2.75, 3.05) is 19.8 Å². The molecule has 0 aromatic heterocycles. The summed E-state index contributed by atoms with van der Waals surface area (Å²) in [5.41, 5.74) is -0.597. The molecule has 0 unspecified atom stereocenters. The molecule has 0 aromatic rings. The summed E-state index contributed by atoms with van der Waals surface area (Å²) in [4.78, 5) is 26.3. The van der Waals surface area contributed by atoms with Crippen molar-refractivity contribution >= 4 is 11.8 Å². The molecule has 3 saturated heterocycles. The van der Waals surface area contributed by atoms with E-state index in [1.54, 1.807) is 0 Å². The average molecular weight is 957 g/mol. The maximum absolute atomic E-state index is 13.8. The van der Waals surface area contributed by atoms with Gasteiger partial charge in [0.1, 0.15) is 72.9 Å². The first-order chi connectivity index (χ1) is 31.3. The lowest BCUT2D eigenvalue weighted by Gasteiger charge is -2.71. The van der Waals surface area contributed by atoms with Crippen LogP contribution in [0, 0.1) is 50.2 Å². The Hall–Kier alpha value is -1.76. The molecule has 0 spiro atoms. The number of Topliss-reactive ketones (excluding diaryl/α,β-unsaturated/α-hetero) is 1. The van der Waals surface area contributed by atoms with E-state index in [1.165, 1.54) is 5.57 Å². The van der Waals surface area contributed by atoms with Crippen LogP contribution in [0.25, 0.3) is 0 Å². The number of ketones is 1. The van der Waals surface area contributed by atoms with E-state index in [0.717, 1.165) is 38.5 Å². The number of hydrogen-bond acceptors (Lipinski definition) is 18. The predicted octanol–water partition coefficient (Wildman–Crippen LogP) is -0.115. The summed E-state index contributed by atoms with van der Waals surface area (Å²) in [6, 6.07) is 0. The molecule has 0 bridgehead atoms. The van der Waals surface area contributed by atoms with Crippen LogP contribution in [-0.2, 0) is 38.0 Å². The molecule has 3 aliphatic heterocycles. The minimum absolute atomic E-state index is 0.0909. The molecule has 382 valence electrons. The number of aliphatic hydroxyl groups is 10. The molecule has 0 radical (unpaired) electrons. The molecule has 19 heteroatoms. The fourth-order valence-corrected chi connectivity index (χ4v) is 14.9. The first-order valence-electron chi connectivity index (χ1n) is 24.3. The monoisotopic (exact) mass is 956 g/mol. The van der Waals surface area contributed by atoms with Crippen LogP contribution in [-0.4, -0.2) is 186 Å². The summed E-state index contributed by atoms with van der Waals surface area (Å²) in [5.74, 6) is -0.996. The van der Waals surface area contributed by atoms with Gasteiger partial charge in [-0.05, 0) is 90.8 Å². The van der Waals surface area contributed by atoms with E-state index in [-0.39, 0.29) is 51.4 Å². The third-order valence-electron chi connectivity index (χ3n) is 19.3. The molecular formula is C48H76O19. The fraction of sp³-hybridized carbons (Fsp3) is 0.917. The van der Waals surface area contributed by atoms with Gasteiger partial charge in [-0.25, -0.2) is 4.79 Å². The summed E-state index contributed by atoms with van der Waals surface area (Å²) >= 11 is 0. The number of hydrogen-bond donors (Lipinski definition) is 11. The van der Waals surface area contributed by atoms with Gasteiger partial charge in [-0.3, -0.25) is 4.79 Å². The van der Waals surface area contributed by atoms with Crippen molar-refractivity contribution in [3.8, 4) is 0 Å². The van der Waals surface area contributed by atoms with Crippen molar-refractivity contribution in [3.63, 3.8) is 0 Å². The predicted molar refractivity (Wildman–Crippen MR) is 231 cm³/mol. The summed E-state index contributed by atoms with van der Waals surface area (Å²) in [5, 5.41) is 118. The molecular weight excluding hydrogens is 881 g/mol. The first-order valence-corrected chi connectivity index (χ1v) is 24.3. The smallest absolute Gasteiger partial charge is 0.335 e. The van der Waals surface area contributed by atoms with Gasteiger partial charge in [0.05, 0.1) is 25.9 Å². The second-order valence-electron chi connectivity index (χ2n) is 23.4. The Kier molecular flexibility index (Phi) is 13.9. The minimum Gasteiger partial charge on any atom is -0.479 e. The summed E-state index contributed by atoms with van der Waals surface area (Å²) in [7, 11) is 0. The number of carboxylic acids is 1. The standard InChI is InChI=1S/C48H76O19/c1-43(2)16-22-21-8-9-26-45(4)12-11-28(46(5,20-51)25(45)10-13-48(26,7)47(21,6)15-14-44(22,3)27(52)17-43)64-42-38(34(58)33(57)36(65-42)39(60)61)67-41-37(32(56)30(54)24(19-50)63-41)66-40-35(59)31(55)29(53)23(18-49)62-40/h8,22-26,28-38,40-42,49-51,53-59H,9-20H2,1-7H3,(H,60,61)/t22-,23+,24+,25+,26+,28-,29+,30-,31-,32-,33-,34-,35+,36-,37+,38+,40-,41-,42+,44+,45-,46-,47+,48+/m0/s1. The van der Waals surface area contributed by atoms with E-state index in [0.29, 0.717) is 25.0 Å². The Morgan fingerprint density at radius 1 is 0.672 bits per heavy atom. The van der Waals surface area contributed by atoms with E-state index in [1.807, 2.05) is 6.92 Å². The Labute approximate surface area is 391 Å². The van der Waals surface area contributed by atoms with E-state index in [9.17, 15) is 65.8 Å². The third kappa shape index (κ3) is 8.01. The van der Waals surface area contributed by atoms with Crippen molar-refractivity contribution in [3.05, 3.63) is 11.6 Å². The molecule has 4 saturated carbocycles. The lowest BCUT2D eigenvalue weighted by atomic mass is 9.33. The number of ether oxygens (including phenoxy) is 6. The van der Waals surface area contributed by atoms with E-state index >= 15 is 0 Å². The maximum atomic E-state index is 13.8. The molecule has 8 rings (SSSR count). The van der Waals surface area contributed by atoms with Crippen molar-refractivity contribution in [1.29, 1.82) is 0 Å². The van der Waals surface area contributed by atoms with Gasteiger partial charge in [0, 0.05) is 17.3 Å². The highest BCUT2D eigenvalue weighted by molar-refractivity contribution is 5.87. The van der Waals surface area contributed by atoms with Gasteiger partial charge in [0.2, 0.25) is 0 Å². The molecule has 5 aliphatic carbocycles. The van der Waals surface area contributed by atoms with Crippen LogP contribution in [0.4, 0.5) is 0 Å². The van der Waals surface area contributed by atoms with Crippen LogP contribution in [0.15, 0.2) is 11.6 Å². The quantitative estimate of drug-likeness (QED) is 0.101. The van der Waals surface area contributed by atoms with Crippen LogP contribution in [0.2, 0.25) is 0 Å². The van der Waals surface area contributed by atoms with Gasteiger partial charge in [0.15, 0.2) is 25.0 Å². The molecule has 7 fully saturated rings. The summed E-state index contributed by atoms with van der Waals surface area (Å²) in [6.07, 6.45) is -19.5. The van der Waals surface area contributed by atoms with Crippen molar-refractivity contribution in [1.82, 2.24) is 0 Å². The summed E-state index contributed by atoms with van der Waals surface area (Å²) < 4.78 is 35.9. The third-order valence-corrected chi connectivity index (χ3v) is 19.3. The lowest BCUT2D eigenvalue weighted by molar-refractivity contribution is -0.397. The Bertz CT molecular complexity index is 1880. The Balaban J connectivity index is 1.08. The number of aliphatic hydroxyl groups excluding tert-OH is 10. The molecule has 3 heterocycles. The molecule has 8 aliphatic rings. The van der Waals surface area contributed by atoms with Crippen LogP contribution < -0.4 is 0 Å². The molecule has 19 nitrogen and oxygen atoms in total. The maximum Gasteiger partial charge on any atom is 0.335 e. The molecule has 0 aromatic carbocycles. The number of aliphatic carboxylic acids is 1. The minimum atomic E-state index is -2.10. The van der Waals surface area contributed by atoms with E-state index < -0.39 is 123 Å². The molecule has 67 heavy (non-hydrogen) atoms. The fourth-order valence-electron chi connectivity index (χ4n) is 14.9. The largest absolute Gasteiger partial charge is 0.479 e.